The standard InChI is InChI=1S/C24H43N3O7S2/c1-15(28)16(27-21(32)34-23(5,6)7)13-25-20(31)26-17(14-35-36-24(8,9)10)18(29)11-12-19(30)33-22(2,3)4/h16-17H,11-14H2,1-10H3,(H,27,32)(H2,25,26,31)/t16-,17-/m0/s1. The lowest BCUT2D eigenvalue weighted by Gasteiger charge is -2.24. The van der Waals surface area contributed by atoms with Gasteiger partial charge in [0.05, 0.1) is 12.5 Å². The fraction of sp³-hybridized carbons (Fsp3) is 0.792. The maximum atomic E-state index is 12.8. The van der Waals surface area contributed by atoms with Crippen molar-refractivity contribution in [1.29, 1.82) is 0 Å². The molecule has 0 spiro atoms. The van der Waals surface area contributed by atoms with Crippen LogP contribution in [0.2, 0.25) is 0 Å². The number of carbonyl (C=O) groups excluding carboxylic acids is 5. The maximum Gasteiger partial charge on any atom is 0.408 e. The van der Waals surface area contributed by atoms with E-state index in [-0.39, 0.29) is 41.5 Å². The average molecular weight is 550 g/mol. The Kier molecular flexibility index (Phi) is 13.9. The Morgan fingerprint density at radius 2 is 1.33 bits per heavy atom. The van der Waals surface area contributed by atoms with Gasteiger partial charge in [0.2, 0.25) is 0 Å². The lowest BCUT2D eigenvalue weighted by molar-refractivity contribution is -0.155. The number of nitrogens with one attached hydrogen (secondary N) is 3. The molecule has 0 saturated carbocycles. The summed E-state index contributed by atoms with van der Waals surface area (Å²) in [6, 6.07) is -2.54. The molecule has 36 heavy (non-hydrogen) atoms. The van der Waals surface area contributed by atoms with Gasteiger partial charge in [0.15, 0.2) is 11.6 Å². The normalized spacial score (nSPS) is 13.7. The Labute approximate surface area is 222 Å². The van der Waals surface area contributed by atoms with Crippen molar-refractivity contribution < 1.29 is 33.4 Å². The molecule has 0 aromatic rings. The number of rotatable bonds is 12. The van der Waals surface area contributed by atoms with Gasteiger partial charge in [0, 0.05) is 23.5 Å². The smallest absolute Gasteiger partial charge is 0.408 e. The number of hydrogen-bond donors (Lipinski definition) is 3. The summed E-state index contributed by atoms with van der Waals surface area (Å²) >= 11 is 0. The van der Waals surface area contributed by atoms with Crippen LogP contribution in [0.3, 0.4) is 0 Å². The molecule has 0 heterocycles. The highest BCUT2D eigenvalue weighted by molar-refractivity contribution is 8.77. The van der Waals surface area contributed by atoms with E-state index in [4.69, 9.17) is 9.47 Å². The number of urea groups is 1. The van der Waals surface area contributed by atoms with Crippen LogP contribution in [-0.4, -0.2) is 70.0 Å². The van der Waals surface area contributed by atoms with Crippen molar-refractivity contribution in [2.24, 2.45) is 0 Å². The zero-order chi connectivity index (χ0) is 28.3. The summed E-state index contributed by atoms with van der Waals surface area (Å²) in [6.07, 6.45) is -0.966. The topological polar surface area (TPSA) is 140 Å². The first kappa shape index (κ1) is 34.0. The minimum absolute atomic E-state index is 0.0565. The van der Waals surface area contributed by atoms with Gasteiger partial charge >= 0.3 is 18.1 Å². The van der Waals surface area contributed by atoms with Crippen LogP contribution in [0.15, 0.2) is 0 Å². The third-order valence-corrected chi connectivity index (χ3v) is 7.23. The fourth-order valence-electron chi connectivity index (χ4n) is 2.44. The van der Waals surface area contributed by atoms with Crippen molar-refractivity contribution in [3.05, 3.63) is 0 Å². The van der Waals surface area contributed by atoms with Crippen LogP contribution in [0.25, 0.3) is 0 Å². The monoisotopic (exact) mass is 549 g/mol. The Morgan fingerprint density at radius 3 is 1.81 bits per heavy atom. The minimum atomic E-state index is -1.00. The lowest BCUT2D eigenvalue weighted by Crippen LogP contribution is -2.53. The van der Waals surface area contributed by atoms with E-state index < -0.39 is 41.4 Å². The first-order valence-corrected chi connectivity index (χ1v) is 14.1. The highest BCUT2D eigenvalue weighted by atomic mass is 33.1. The highest BCUT2D eigenvalue weighted by Crippen LogP contribution is 2.35. The molecule has 0 saturated heterocycles. The summed E-state index contributed by atoms with van der Waals surface area (Å²) < 4.78 is 10.3. The number of carbonyl (C=O) groups is 5. The lowest BCUT2D eigenvalue weighted by atomic mass is 10.1. The molecule has 2 atom stereocenters. The number of alkyl carbamates (subject to hydrolysis) is 1. The van der Waals surface area contributed by atoms with Gasteiger partial charge < -0.3 is 25.4 Å². The Balaban J connectivity index is 5.08. The summed E-state index contributed by atoms with van der Waals surface area (Å²) in [6.45, 7) is 17.5. The zero-order valence-electron chi connectivity index (χ0n) is 23.2. The van der Waals surface area contributed by atoms with Gasteiger partial charge in [0.1, 0.15) is 17.2 Å². The average Bonchev–Trinajstić information content (AvgIpc) is 2.64. The van der Waals surface area contributed by atoms with E-state index in [2.05, 4.69) is 16.0 Å². The molecule has 0 bridgehead atoms. The Morgan fingerprint density at radius 1 is 0.778 bits per heavy atom. The predicted molar refractivity (Wildman–Crippen MR) is 144 cm³/mol. The molecule has 0 aromatic heterocycles. The van der Waals surface area contributed by atoms with E-state index in [1.54, 1.807) is 52.3 Å². The molecular weight excluding hydrogens is 506 g/mol. The number of Topliss-reactive ketones (excluding diaryl/α,β-unsaturated/α-hetero) is 2. The molecule has 208 valence electrons. The van der Waals surface area contributed by atoms with Crippen LogP contribution < -0.4 is 16.0 Å². The van der Waals surface area contributed by atoms with Crippen LogP contribution in [0.4, 0.5) is 9.59 Å². The summed E-state index contributed by atoms with van der Waals surface area (Å²) in [5, 5.41) is 7.57. The van der Waals surface area contributed by atoms with E-state index in [0.29, 0.717) is 0 Å². The number of hydrogen-bond acceptors (Lipinski definition) is 9. The number of ether oxygens (including phenoxy) is 2. The Bertz CT molecular complexity index is 784. The van der Waals surface area contributed by atoms with Crippen molar-refractivity contribution in [2.45, 2.75) is 110 Å². The quantitative estimate of drug-likeness (QED) is 0.243. The molecule has 0 aliphatic carbocycles. The summed E-state index contributed by atoms with van der Waals surface area (Å²) in [7, 11) is 3.00. The van der Waals surface area contributed by atoms with E-state index in [1.165, 1.54) is 17.7 Å². The number of ketones is 2. The highest BCUT2D eigenvalue weighted by Gasteiger charge is 2.26. The third-order valence-electron chi connectivity index (χ3n) is 3.88. The molecule has 0 unspecified atom stereocenters. The molecule has 3 N–H and O–H groups in total. The first-order valence-electron chi connectivity index (χ1n) is 11.8. The van der Waals surface area contributed by atoms with Crippen LogP contribution in [0.5, 0.6) is 0 Å². The second kappa shape index (κ2) is 14.7. The van der Waals surface area contributed by atoms with Gasteiger partial charge in [-0.15, -0.1) is 0 Å². The first-order chi connectivity index (χ1) is 16.2. The van der Waals surface area contributed by atoms with Crippen molar-refractivity contribution >= 4 is 51.2 Å². The summed E-state index contributed by atoms with van der Waals surface area (Å²) in [5.74, 6) is -0.890. The molecule has 10 nitrogen and oxygen atoms in total. The molecule has 3 amide bonds. The van der Waals surface area contributed by atoms with Crippen molar-refractivity contribution in [1.82, 2.24) is 16.0 Å². The third kappa shape index (κ3) is 18.3. The molecule has 0 aliphatic rings. The summed E-state index contributed by atoms with van der Waals surface area (Å²) in [5.41, 5.74) is -1.40. The van der Waals surface area contributed by atoms with Crippen molar-refractivity contribution in [3.8, 4) is 0 Å². The van der Waals surface area contributed by atoms with E-state index in [9.17, 15) is 24.0 Å². The van der Waals surface area contributed by atoms with Crippen LogP contribution in [0, 0.1) is 0 Å². The van der Waals surface area contributed by atoms with Gasteiger partial charge in [-0.2, -0.15) is 0 Å². The molecular formula is C24H43N3O7S2. The van der Waals surface area contributed by atoms with Crippen LogP contribution in [0.1, 0.15) is 82.1 Å². The number of esters is 1. The van der Waals surface area contributed by atoms with Crippen LogP contribution >= 0.6 is 21.6 Å². The summed E-state index contributed by atoms with van der Waals surface area (Å²) in [4.78, 5) is 61.3. The largest absolute Gasteiger partial charge is 0.460 e. The molecule has 0 rings (SSSR count). The van der Waals surface area contributed by atoms with Gasteiger partial charge in [0.25, 0.3) is 0 Å². The van der Waals surface area contributed by atoms with Gasteiger partial charge in [-0.05, 0) is 48.5 Å². The van der Waals surface area contributed by atoms with Gasteiger partial charge in [-0.1, -0.05) is 42.4 Å². The van der Waals surface area contributed by atoms with Gasteiger partial charge in [-0.25, -0.2) is 9.59 Å². The van der Waals surface area contributed by atoms with E-state index in [0.717, 1.165) is 0 Å². The second-order valence-corrected chi connectivity index (χ2v) is 14.4. The molecule has 0 radical (unpaired) electrons. The molecule has 0 aromatic carbocycles. The zero-order valence-corrected chi connectivity index (χ0v) is 24.8. The van der Waals surface area contributed by atoms with Crippen LogP contribution in [-0.2, 0) is 23.9 Å². The van der Waals surface area contributed by atoms with Gasteiger partial charge in [-0.3, -0.25) is 14.4 Å². The van der Waals surface area contributed by atoms with Crippen molar-refractivity contribution in [3.63, 3.8) is 0 Å². The van der Waals surface area contributed by atoms with E-state index in [1.807, 2.05) is 20.8 Å². The molecule has 12 heteroatoms. The molecule has 0 aliphatic heterocycles. The predicted octanol–water partition coefficient (Wildman–Crippen LogP) is 4.01. The number of amides is 3. The van der Waals surface area contributed by atoms with E-state index >= 15 is 0 Å². The minimum Gasteiger partial charge on any atom is -0.460 e. The van der Waals surface area contributed by atoms with Crippen molar-refractivity contribution in [2.75, 3.05) is 12.3 Å². The molecule has 0 fully saturated rings. The SMILES string of the molecule is CC(=O)[C@H](CNC(=O)N[C@@H](CSSC(C)(C)C)C(=O)CCC(=O)OC(C)(C)C)NC(=O)OC(C)(C)C. The second-order valence-electron chi connectivity index (χ2n) is 11.2. The maximum absolute atomic E-state index is 12.8. The Hall–Kier alpha value is -1.95. The fourth-order valence-corrected chi connectivity index (χ4v) is 4.94.